The van der Waals surface area contributed by atoms with E-state index in [2.05, 4.69) is 65.6 Å². The van der Waals surface area contributed by atoms with Crippen molar-refractivity contribution in [1.29, 1.82) is 0 Å². The molecule has 156 valence electrons. The lowest BCUT2D eigenvalue weighted by atomic mass is 9.96. The van der Waals surface area contributed by atoms with E-state index in [9.17, 15) is 4.79 Å². The largest absolute Gasteiger partial charge is 0.339 e. The van der Waals surface area contributed by atoms with Crippen molar-refractivity contribution >= 4 is 40.6 Å². The Kier molecular flexibility index (Phi) is 7.50. The van der Waals surface area contributed by atoms with Crippen LogP contribution in [0.15, 0.2) is 72.8 Å². The fraction of sp³-hybridized carbons (Fsp3) is 0.292. The van der Waals surface area contributed by atoms with Gasteiger partial charge >= 0.3 is 0 Å². The Morgan fingerprint density at radius 2 is 1.50 bits per heavy atom. The van der Waals surface area contributed by atoms with Gasteiger partial charge in [0.15, 0.2) is 0 Å². The Bertz CT molecular complexity index is 901. The Morgan fingerprint density at radius 1 is 0.900 bits per heavy atom. The number of halogens is 1. The molecule has 6 heteroatoms. The molecule has 0 N–H and O–H groups in total. The molecule has 2 heterocycles. The van der Waals surface area contributed by atoms with Gasteiger partial charge in [-0.3, -0.25) is 9.69 Å². The van der Waals surface area contributed by atoms with Gasteiger partial charge in [0.1, 0.15) is 0 Å². The van der Waals surface area contributed by atoms with Crippen LogP contribution < -0.4 is 0 Å². The zero-order valence-corrected chi connectivity index (χ0v) is 19.1. The molecule has 0 atom stereocenters. The maximum atomic E-state index is 12.7. The molecular weight excluding hydrogens is 432 g/mol. The van der Waals surface area contributed by atoms with E-state index < -0.39 is 0 Å². The number of amides is 1. The highest BCUT2D eigenvalue weighted by molar-refractivity contribution is 7.99. The molecule has 1 aromatic heterocycles. The van der Waals surface area contributed by atoms with E-state index in [-0.39, 0.29) is 11.9 Å². The van der Waals surface area contributed by atoms with Crippen molar-refractivity contribution in [3.63, 3.8) is 0 Å². The highest BCUT2D eigenvalue weighted by Crippen LogP contribution is 2.30. The number of nitrogens with zero attached hydrogens (tertiary/aromatic N) is 2. The standard InChI is InChI=1S/C24H25ClN2OS2/c25-22-12-11-21(30-22)17-29-18-23(28)26-13-15-27(16-14-26)24(19-7-3-1-4-8-19)20-9-5-2-6-10-20/h1-12,24H,13-18H2. The van der Waals surface area contributed by atoms with Gasteiger partial charge < -0.3 is 4.90 Å². The summed E-state index contributed by atoms with van der Waals surface area (Å²) in [6.07, 6.45) is 0. The second kappa shape index (κ2) is 10.5. The van der Waals surface area contributed by atoms with Gasteiger partial charge in [-0.1, -0.05) is 72.3 Å². The normalized spacial score (nSPS) is 14.9. The van der Waals surface area contributed by atoms with Crippen LogP contribution in [-0.2, 0) is 10.5 Å². The molecule has 30 heavy (non-hydrogen) atoms. The minimum Gasteiger partial charge on any atom is -0.339 e. The summed E-state index contributed by atoms with van der Waals surface area (Å²) in [6, 6.07) is 25.5. The zero-order valence-electron chi connectivity index (χ0n) is 16.7. The third-order valence-electron chi connectivity index (χ3n) is 5.36. The Labute approximate surface area is 191 Å². The minimum absolute atomic E-state index is 0.225. The average molecular weight is 457 g/mol. The van der Waals surface area contributed by atoms with E-state index in [1.807, 2.05) is 17.0 Å². The number of thioether (sulfide) groups is 1. The van der Waals surface area contributed by atoms with Crippen LogP contribution in [0.5, 0.6) is 0 Å². The number of rotatable bonds is 7. The van der Waals surface area contributed by atoms with E-state index in [1.165, 1.54) is 16.0 Å². The number of piperazine rings is 1. The van der Waals surface area contributed by atoms with E-state index in [1.54, 1.807) is 23.1 Å². The maximum absolute atomic E-state index is 12.7. The van der Waals surface area contributed by atoms with Gasteiger partial charge in [0, 0.05) is 36.8 Å². The molecule has 0 spiro atoms. The molecular formula is C24H25ClN2OS2. The van der Waals surface area contributed by atoms with Crippen molar-refractivity contribution in [2.45, 2.75) is 11.8 Å². The molecule has 1 saturated heterocycles. The van der Waals surface area contributed by atoms with Crippen LogP contribution in [0, 0.1) is 0 Å². The summed E-state index contributed by atoms with van der Waals surface area (Å²) in [5, 5.41) is 0. The molecule has 3 aromatic rings. The summed E-state index contributed by atoms with van der Waals surface area (Å²) in [7, 11) is 0. The minimum atomic E-state index is 0.225. The van der Waals surface area contributed by atoms with Crippen LogP contribution in [0.1, 0.15) is 22.0 Å². The van der Waals surface area contributed by atoms with Gasteiger partial charge in [-0.15, -0.1) is 23.1 Å². The smallest absolute Gasteiger partial charge is 0.232 e. The van der Waals surface area contributed by atoms with E-state index >= 15 is 0 Å². The number of carbonyl (C=O) groups is 1. The monoisotopic (exact) mass is 456 g/mol. The lowest BCUT2D eigenvalue weighted by Gasteiger charge is -2.39. The molecule has 0 unspecified atom stereocenters. The van der Waals surface area contributed by atoms with E-state index in [4.69, 9.17) is 11.6 Å². The molecule has 1 aliphatic rings. The number of carbonyl (C=O) groups excluding carboxylic acids is 1. The van der Waals surface area contributed by atoms with Gasteiger partial charge in [0.25, 0.3) is 0 Å². The topological polar surface area (TPSA) is 23.6 Å². The first kappa shape index (κ1) is 21.4. The summed E-state index contributed by atoms with van der Waals surface area (Å²) < 4.78 is 0.805. The molecule has 0 bridgehead atoms. The predicted molar refractivity (Wildman–Crippen MR) is 128 cm³/mol. The summed E-state index contributed by atoms with van der Waals surface area (Å²) >= 11 is 9.24. The molecule has 4 rings (SSSR count). The van der Waals surface area contributed by atoms with Crippen LogP contribution in [0.3, 0.4) is 0 Å². The summed E-state index contributed by atoms with van der Waals surface area (Å²) in [6.45, 7) is 3.32. The number of thiophene rings is 1. The maximum Gasteiger partial charge on any atom is 0.232 e. The molecule has 2 aromatic carbocycles. The number of hydrogen-bond donors (Lipinski definition) is 0. The van der Waals surface area contributed by atoms with Crippen molar-refractivity contribution in [3.05, 3.63) is 93.1 Å². The first-order valence-corrected chi connectivity index (χ1v) is 12.5. The number of benzene rings is 2. The lowest BCUT2D eigenvalue weighted by molar-refractivity contribution is -0.130. The van der Waals surface area contributed by atoms with Crippen molar-refractivity contribution < 1.29 is 4.79 Å². The molecule has 1 amide bonds. The van der Waals surface area contributed by atoms with Gasteiger partial charge in [0.2, 0.25) is 5.91 Å². The van der Waals surface area contributed by atoms with Crippen LogP contribution in [0.4, 0.5) is 0 Å². The van der Waals surface area contributed by atoms with Crippen LogP contribution in [0.2, 0.25) is 4.34 Å². The third-order valence-corrected chi connectivity index (χ3v) is 7.74. The van der Waals surface area contributed by atoms with Gasteiger partial charge in [-0.05, 0) is 23.3 Å². The lowest BCUT2D eigenvalue weighted by Crippen LogP contribution is -2.50. The quantitative estimate of drug-likeness (QED) is 0.464. The van der Waals surface area contributed by atoms with Crippen LogP contribution >= 0.6 is 34.7 Å². The summed E-state index contributed by atoms with van der Waals surface area (Å²) in [5.41, 5.74) is 2.60. The second-order valence-electron chi connectivity index (χ2n) is 7.34. The van der Waals surface area contributed by atoms with Crippen molar-refractivity contribution in [2.75, 3.05) is 31.9 Å². The highest BCUT2D eigenvalue weighted by Gasteiger charge is 2.27. The highest BCUT2D eigenvalue weighted by atomic mass is 35.5. The summed E-state index contributed by atoms with van der Waals surface area (Å²) in [4.78, 5) is 18.4. The van der Waals surface area contributed by atoms with Gasteiger partial charge in [-0.2, -0.15) is 0 Å². The molecule has 0 saturated carbocycles. The fourth-order valence-electron chi connectivity index (χ4n) is 3.87. The van der Waals surface area contributed by atoms with E-state index in [0.29, 0.717) is 5.75 Å². The van der Waals surface area contributed by atoms with Crippen molar-refractivity contribution in [1.82, 2.24) is 9.80 Å². The van der Waals surface area contributed by atoms with E-state index in [0.717, 1.165) is 36.3 Å². The first-order chi connectivity index (χ1) is 14.7. The van der Waals surface area contributed by atoms with Crippen LogP contribution in [-0.4, -0.2) is 47.6 Å². The van der Waals surface area contributed by atoms with Gasteiger partial charge in [-0.25, -0.2) is 0 Å². The second-order valence-corrected chi connectivity index (χ2v) is 10.1. The summed E-state index contributed by atoms with van der Waals surface area (Å²) in [5.74, 6) is 1.60. The first-order valence-electron chi connectivity index (χ1n) is 10.1. The van der Waals surface area contributed by atoms with Gasteiger partial charge in [0.05, 0.1) is 16.1 Å². The third kappa shape index (κ3) is 5.46. The Morgan fingerprint density at radius 3 is 2.03 bits per heavy atom. The molecule has 0 aliphatic carbocycles. The van der Waals surface area contributed by atoms with Crippen molar-refractivity contribution in [3.8, 4) is 0 Å². The molecule has 0 radical (unpaired) electrons. The SMILES string of the molecule is O=C(CSCc1ccc(Cl)s1)N1CCN(C(c2ccccc2)c2ccccc2)CC1. The fourth-order valence-corrected chi connectivity index (χ4v) is 6.00. The van der Waals surface area contributed by atoms with Crippen molar-refractivity contribution in [2.24, 2.45) is 0 Å². The molecule has 3 nitrogen and oxygen atoms in total. The number of hydrogen-bond acceptors (Lipinski definition) is 4. The predicted octanol–water partition coefficient (Wildman–Crippen LogP) is 5.57. The molecule has 1 fully saturated rings. The Hall–Kier alpha value is -1.79. The zero-order chi connectivity index (χ0) is 20.8. The average Bonchev–Trinajstić information content (AvgIpc) is 3.21. The molecule has 1 aliphatic heterocycles. The Balaban J connectivity index is 1.34. The van der Waals surface area contributed by atoms with Crippen LogP contribution in [0.25, 0.3) is 0 Å².